The SMILES string of the molecule is C=C[C@]1(C)CC[C@H]2[C@@]3(C)CC[C@@H](C)C(C)(C)[C@@H]3CC[C@@]2(C)O1. The third kappa shape index (κ3) is 2.14. The van der Waals surface area contributed by atoms with Crippen molar-refractivity contribution in [3.05, 3.63) is 12.7 Å². The highest BCUT2D eigenvalue weighted by atomic mass is 16.5. The molecule has 0 amide bonds. The molecule has 0 bridgehead atoms. The van der Waals surface area contributed by atoms with Gasteiger partial charge in [0, 0.05) is 0 Å². The highest BCUT2D eigenvalue weighted by molar-refractivity contribution is 5.13. The van der Waals surface area contributed by atoms with Gasteiger partial charge in [-0.25, -0.2) is 0 Å². The third-order valence-electron chi connectivity index (χ3n) is 8.37. The van der Waals surface area contributed by atoms with Crippen molar-refractivity contribution < 1.29 is 4.74 Å². The fraction of sp³-hybridized carbons (Fsp3) is 0.905. The minimum absolute atomic E-state index is 0.0447. The largest absolute Gasteiger partial charge is 0.365 e. The maximum absolute atomic E-state index is 6.71. The smallest absolute Gasteiger partial charge is 0.0839 e. The van der Waals surface area contributed by atoms with Crippen molar-refractivity contribution in [1.29, 1.82) is 0 Å². The Hall–Kier alpha value is -0.300. The first-order valence-corrected chi connectivity index (χ1v) is 9.41. The Labute approximate surface area is 137 Å². The lowest BCUT2D eigenvalue weighted by Gasteiger charge is -2.66. The summed E-state index contributed by atoms with van der Waals surface area (Å²) in [7, 11) is 0. The first-order chi connectivity index (χ1) is 10.1. The van der Waals surface area contributed by atoms with Gasteiger partial charge in [0.15, 0.2) is 0 Å². The zero-order valence-corrected chi connectivity index (χ0v) is 15.7. The van der Waals surface area contributed by atoms with Gasteiger partial charge in [-0.05, 0) is 81.0 Å². The molecule has 1 heterocycles. The lowest BCUT2D eigenvalue weighted by molar-refractivity contribution is -0.257. The second-order valence-corrected chi connectivity index (χ2v) is 9.88. The Morgan fingerprint density at radius 2 is 1.55 bits per heavy atom. The molecule has 2 saturated carbocycles. The van der Waals surface area contributed by atoms with E-state index in [4.69, 9.17) is 4.74 Å². The van der Waals surface area contributed by atoms with Gasteiger partial charge in [0.05, 0.1) is 11.2 Å². The van der Waals surface area contributed by atoms with E-state index in [0.29, 0.717) is 16.7 Å². The Bertz CT molecular complexity index is 467. The maximum Gasteiger partial charge on any atom is 0.0839 e. The minimum Gasteiger partial charge on any atom is -0.365 e. The monoisotopic (exact) mass is 304 g/mol. The summed E-state index contributed by atoms with van der Waals surface area (Å²) in [6.07, 6.45) is 9.79. The molecule has 0 aromatic carbocycles. The summed E-state index contributed by atoms with van der Waals surface area (Å²) < 4.78 is 6.71. The molecule has 3 aliphatic rings. The molecule has 126 valence electrons. The van der Waals surface area contributed by atoms with Crippen LogP contribution in [0.2, 0.25) is 0 Å². The molecular weight excluding hydrogens is 268 g/mol. The number of hydrogen-bond donors (Lipinski definition) is 0. The van der Waals surface area contributed by atoms with E-state index >= 15 is 0 Å². The lowest BCUT2D eigenvalue weighted by Crippen LogP contribution is -2.63. The van der Waals surface area contributed by atoms with E-state index < -0.39 is 0 Å². The predicted octanol–water partition coefficient (Wildman–Crippen LogP) is 5.99. The molecule has 22 heavy (non-hydrogen) atoms. The molecule has 1 saturated heterocycles. The Morgan fingerprint density at radius 1 is 0.909 bits per heavy atom. The summed E-state index contributed by atoms with van der Waals surface area (Å²) in [5, 5.41) is 0. The van der Waals surface area contributed by atoms with Gasteiger partial charge in [0.25, 0.3) is 0 Å². The molecule has 0 spiro atoms. The summed E-state index contributed by atoms with van der Waals surface area (Å²) in [6, 6.07) is 0. The van der Waals surface area contributed by atoms with Gasteiger partial charge in [-0.1, -0.05) is 33.8 Å². The van der Waals surface area contributed by atoms with Crippen molar-refractivity contribution in [3.8, 4) is 0 Å². The van der Waals surface area contributed by atoms with Crippen LogP contribution in [0.5, 0.6) is 0 Å². The van der Waals surface area contributed by atoms with Gasteiger partial charge < -0.3 is 4.74 Å². The average Bonchev–Trinajstić information content (AvgIpc) is 2.42. The molecule has 1 aliphatic heterocycles. The predicted molar refractivity (Wildman–Crippen MR) is 93.8 cm³/mol. The molecule has 0 unspecified atom stereocenters. The van der Waals surface area contributed by atoms with Crippen LogP contribution in [-0.2, 0) is 4.74 Å². The lowest BCUT2D eigenvalue weighted by atomic mass is 9.42. The van der Waals surface area contributed by atoms with E-state index in [-0.39, 0.29) is 11.2 Å². The van der Waals surface area contributed by atoms with Gasteiger partial charge in [0.2, 0.25) is 0 Å². The topological polar surface area (TPSA) is 9.23 Å². The standard InChI is InChI=1S/C21H36O/c1-8-19(5)12-10-17-20(6)13-9-15(2)18(3,4)16(20)11-14-21(17,7)22-19/h8,15-17H,1,9-14H2,2-7H3/t15-,16+,17+,19-,20+,21-/m1/s1. The van der Waals surface area contributed by atoms with Crippen LogP contribution < -0.4 is 0 Å². The van der Waals surface area contributed by atoms with Gasteiger partial charge in [-0.3, -0.25) is 0 Å². The van der Waals surface area contributed by atoms with Crippen molar-refractivity contribution in [2.75, 3.05) is 0 Å². The first kappa shape index (κ1) is 16.6. The van der Waals surface area contributed by atoms with Crippen LogP contribution in [0, 0.1) is 28.6 Å². The van der Waals surface area contributed by atoms with Crippen LogP contribution in [0.3, 0.4) is 0 Å². The molecule has 0 N–H and O–H groups in total. The number of rotatable bonds is 1. The van der Waals surface area contributed by atoms with Crippen molar-refractivity contribution in [1.82, 2.24) is 0 Å². The molecule has 3 rings (SSSR count). The van der Waals surface area contributed by atoms with E-state index in [2.05, 4.69) is 48.1 Å². The normalized spacial score (nSPS) is 54.2. The van der Waals surface area contributed by atoms with Crippen LogP contribution in [0.15, 0.2) is 12.7 Å². The summed E-state index contributed by atoms with van der Waals surface area (Å²) in [4.78, 5) is 0. The van der Waals surface area contributed by atoms with E-state index in [9.17, 15) is 0 Å². The number of hydrogen-bond acceptors (Lipinski definition) is 1. The Kier molecular flexibility index (Phi) is 3.65. The minimum atomic E-state index is -0.119. The zero-order valence-electron chi connectivity index (χ0n) is 15.7. The molecule has 0 radical (unpaired) electrons. The van der Waals surface area contributed by atoms with Crippen LogP contribution in [-0.4, -0.2) is 11.2 Å². The average molecular weight is 305 g/mol. The van der Waals surface area contributed by atoms with Crippen LogP contribution in [0.4, 0.5) is 0 Å². The number of ether oxygens (including phenoxy) is 1. The van der Waals surface area contributed by atoms with Crippen LogP contribution in [0.1, 0.15) is 80.1 Å². The highest BCUT2D eigenvalue weighted by Gasteiger charge is 2.62. The summed E-state index contributed by atoms with van der Waals surface area (Å²) in [6.45, 7) is 18.8. The van der Waals surface area contributed by atoms with Gasteiger partial charge in [0.1, 0.15) is 0 Å². The van der Waals surface area contributed by atoms with Crippen molar-refractivity contribution in [2.24, 2.45) is 28.6 Å². The fourth-order valence-corrected chi connectivity index (χ4v) is 6.60. The fourth-order valence-electron chi connectivity index (χ4n) is 6.60. The second kappa shape index (κ2) is 4.85. The van der Waals surface area contributed by atoms with Crippen molar-refractivity contribution in [2.45, 2.75) is 91.3 Å². The maximum atomic E-state index is 6.71. The highest BCUT2D eigenvalue weighted by Crippen LogP contribution is 2.66. The van der Waals surface area contributed by atoms with Crippen molar-refractivity contribution >= 4 is 0 Å². The zero-order chi connectivity index (χ0) is 16.4. The molecule has 1 nitrogen and oxygen atoms in total. The summed E-state index contributed by atoms with van der Waals surface area (Å²) >= 11 is 0. The molecule has 0 aromatic rings. The van der Waals surface area contributed by atoms with Crippen LogP contribution in [0.25, 0.3) is 0 Å². The van der Waals surface area contributed by atoms with E-state index in [1.54, 1.807) is 0 Å². The third-order valence-corrected chi connectivity index (χ3v) is 8.37. The Balaban J connectivity index is 1.95. The molecule has 0 aromatic heterocycles. The van der Waals surface area contributed by atoms with E-state index in [1.165, 1.54) is 32.1 Å². The summed E-state index contributed by atoms with van der Waals surface area (Å²) in [5.41, 5.74) is 0.841. The summed E-state index contributed by atoms with van der Waals surface area (Å²) in [5.74, 6) is 2.40. The van der Waals surface area contributed by atoms with E-state index in [1.807, 2.05) is 6.08 Å². The quantitative estimate of drug-likeness (QED) is 0.541. The van der Waals surface area contributed by atoms with Crippen molar-refractivity contribution in [3.63, 3.8) is 0 Å². The molecular formula is C21H36O. The van der Waals surface area contributed by atoms with Gasteiger partial charge >= 0.3 is 0 Å². The molecule has 1 heteroatoms. The molecule has 6 atom stereocenters. The van der Waals surface area contributed by atoms with E-state index in [0.717, 1.165) is 18.3 Å². The number of fused-ring (bicyclic) bond motifs is 3. The first-order valence-electron chi connectivity index (χ1n) is 9.41. The Morgan fingerprint density at radius 3 is 2.18 bits per heavy atom. The second-order valence-electron chi connectivity index (χ2n) is 9.88. The molecule has 2 aliphatic carbocycles. The molecule has 3 fully saturated rings. The van der Waals surface area contributed by atoms with Crippen LogP contribution >= 0.6 is 0 Å². The van der Waals surface area contributed by atoms with Gasteiger partial charge in [-0.2, -0.15) is 0 Å². The van der Waals surface area contributed by atoms with Gasteiger partial charge in [-0.15, -0.1) is 6.58 Å².